The second-order valence-electron chi connectivity index (χ2n) is 16.6. The summed E-state index contributed by atoms with van der Waals surface area (Å²) >= 11 is 0. The second-order valence-corrected chi connectivity index (χ2v) is 16.6. The van der Waals surface area contributed by atoms with Gasteiger partial charge in [-0.25, -0.2) is 0 Å². The molecule has 1 amide bonds. The average Bonchev–Trinajstić information content (AvgIpc) is 3.20. The van der Waals surface area contributed by atoms with Gasteiger partial charge >= 0.3 is 0 Å². The van der Waals surface area contributed by atoms with Gasteiger partial charge in [0.2, 0.25) is 5.91 Å². The lowest BCUT2D eigenvalue weighted by atomic mass is 10.0. The summed E-state index contributed by atoms with van der Waals surface area (Å²) in [4.78, 5) is 12.5. The summed E-state index contributed by atoms with van der Waals surface area (Å²) in [6.07, 6.45) is 60.1. The fraction of sp³-hybridized carbons (Fsp3) is 0.824. The first kappa shape index (κ1) is 54.3. The molecule has 0 aliphatic heterocycles. The van der Waals surface area contributed by atoms with E-state index in [4.69, 9.17) is 0 Å². The standard InChI is InChI=1S/C51H95NO4/c1-3-5-7-9-11-13-15-17-19-21-23-25-26-28-29-31-33-35-37-39-41-43-45-49(54)48(47-53)52-51(56)50(55)46-44-42-40-38-36-34-32-30-27-24-22-20-18-16-14-12-10-8-6-4-2/h27-30,35,37,43,45,48-50,53-55H,3-26,31-34,36,38-42,44,46-47H2,1-2H3,(H,52,56)/b29-28+,30-27-,37-35+,45-43+. The van der Waals surface area contributed by atoms with Crippen LogP contribution in [0.1, 0.15) is 245 Å². The quantitative estimate of drug-likeness (QED) is 0.0366. The topological polar surface area (TPSA) is 89.8 Å². The van der Waals surface area contributed by atoms with Gasteiger partial charge in [-0.15, -0.1) is 0 Å². The molecule has 3 atom stereocenters. The minimum atomic E-state index is -1.12. The molecule has 0 aromatic heterocycles. The molecule has 5 nitrogen and oxygen atoms in total. The van der Waals surface area contributed by atoms with Crippen LogP contribution in [-0.2, 0) is 4.79 Å². The Labute approximate surface area is 348 Å². The summed E-state index contributed by atoms with van der Waals surface area (Å²) in [5.41, 5.74) is 0. The highest BCUT2D eigenvalue weighted by molar-refractivity contribution is 5.80. The van der Waals surface area contributed by atoms with Crippen LogP contribution < -0.4 is 5.32 Å². The van der Waals surface area contributed by atoms with E-state index < -0.39 is 24.2 Å². The number of aliphatic hydroxyl groups is 3. The zero-order valence-electron chi connectivity index (χ0n) is 37.3. The molecule has 0 spiro atoms. The molecule has 0 bridgehead atoms. The number of hydrogen-bond donors (Lipinski definition) is 4. The molecule has 5 heteroatoms. The lowest BCUT2D eigenvalue weighted by Gasteiger charge is -2.21. The van der Waals surface area contributed by atoms with E-state index in [0.29, 0.717) is 6.42 Å². The molecular weight excluding hydrogens is 691 g/mol. The van der Waals surface area contributed by atoms with E-state index in [2.05, 4.69) is 55.6 Å². The number of amides is 1. The molecule has 0 fully saturated rings. The number of allylic oxidation sites excluding steroid dienone is 7. The van der Waals surface area contributed by atoms with Crippen molar-refractivity contribution in [2.24, 2.45) is 0 Å². The van der Waals surface area contributed by atoms with E-state index in [1.54, 1.807) is 6.08 Å². The van der Waals surface area contributed by atoms with Gasteiger partial charge in [0.05, 0.1) is 18.8 Å². The maximum Gasteiger partial charge on any atom is 0.249 e. The van der Waals surface area contributed by atoms with E-state index in [1.807, 2.05) is 6.08 Å². The summed E-state index contributed by atoms with van der Waals surface area (Å²) in [7, 11) is 0. The number of nitrogens with one attached hydrogen (secondary N) is 1. The fourth-order valence-corrected chi connectivity index (χ4v) is 7.27. The summed E-state index contributed by atoms with van der Waals surface area (Å²) in [5.74, 6) is -0.521. The Hall–Kier alpha value is -1.69. The van der Waals surface area contributed by atoms with Crippen molar-refractivity contribution in [3.8, 4) is 0 Å². The number of aliphatic hydroxyl groups excluding tert-OH is 3. The van der Waals surface area contributed by atoms with Crippen LogP contribution in [0.3, 0.4) is 0 Å². The SMILES string of the molecule is CCCCCCCCCCCC/C=C\CCCCCCCCC(O)C(=O)NC(CO)C(O)/C=C/CC/C=C/CC/C=C/CCCCCCCCCCCCCC. The molecule has 0 aromatic rings. The lowest BCUT2D eigenvalue weighted by molar-refractivity contribution is -0.131. The van der Waals surface area contributed by atoms with Crippen LogP contribution in [0.2, 0.25) is 0 Å². The zero-order chi connectivity index (χ0) is 40.8. The van der Waals surface area contributed by atoms with Crippen molar-refractivity contribution in [2.45, 2.75) is 263 Å². The molecule has 4 N–H and O–H groups in total. The predicted molar refractivity (Wildman–Crippen MR) is 245 cm³/mol. The van der Waals surface area contributed by atoms with Gasteiger partial charge in [0.25, 0.3) is 0 Å². The molecule has 0 rings (SSSR count). The van der Waals surface area contributed by atoms with E-state index in [0.717, 1.165) is 44.9 Å². The molecule has 328 valence electrons. The van der Waals surface area contributed by atoms with Crippen LogP contribution in [-0.4, -0.2) is 46.1 Å². The Balaban J connectivity index is 3.72. The third kappa shape index (κ3) is 40.5. The first-order valence-corrected chi connectivity index (χ1v) is 24.5. The first-order valence-electron chi connectivity index (χ1n) is 24.5. The third-order valence-corrected chi connectivity index (χ3v) is 11.1. The van der Waals surface area contributed by atoms with Gasteiger partial charge in [-0.05, 0) is 70.6 Å². The van der Waals surface area contributed by atoms with Gasteiger partial charge in [0.1, 0.15) is 6.10 Å². The number of unbranched alkanes of at least 4 members (excludes halogenated alkanes) is 30. The second kappa shape index (κ2) is 46.0. The van der Waals surface area contributed by atoms with Gasteiger partial charge in [-0.1, -0.05) is 223 Å². The highest BCUT2D eigenvalue weighted by Gasteiger charge is 2.22. The number of hydrogen-bond acceptors (Lipinski definition) is 4. The molecular formula is C51H95NO4. The lowest BCUT2D eigenvalue weighted by Crippen LogP contribution is -2.48. The van der Waals surface area contributed by atoms with Crippen LogP contribution in [0.25, 0.3) is 0 Å². The van der Waals surface area contributed by atoms with Gasteiger partial charge < -0.3 is 20.6 Å². The van der Waals surface area contributed by atoms with Crippen LogP contribution in [0.4, 0.5) is 0 Å². The van der Waals surface area contributed by atoms with Crippen molar-refractivity contribution in [1.82, 2.24) is 5.32 Å². The first-order chi connectivity index (χ1) is 27.6. The summed E-state index contributed by atoms with van der Waals surface area (Å²) < 4.78 is 0. The third-order valence-electron chi connectivity index (χ3n) is 11.1. The predicted octanol–water partition coefficient (Wildman–Crippen LogP) is 14.5. The highest BCUT2D eigenvalue weighted by atomic mass is 16.3. The van der Waals surface area contributed by atoms with Crippen molar-refractivity contribution >= 4 is 5.91 Å². The summed E-state index contributed by atoms with van der Waals surface area (Å²) in [6.45, 7) is 4.18. The van der Waals surface area contributed by atoms with Crippen LogP contribution in [0.15, 0.2) is 48.6 Å². The van der Waals surface area contributed by atoms with Gasteiger partial charge in [0, 0.05) is 0 Å². The van der Waals surface area contributed by atoms with E-state index >= 15 is 0 Å². The maximum atomic E-state index is 12.5. The van der Waals surface area contributed by atoms with Crippen molar-refractivity contribution in [3.05, 3.63) is 48.6 Å². The summed E-state index contributed by atoms with van der Waals surface area (Å²) in [5, 5.41) is 33.2. The average molecular weight is 786 g/mol. The monoisotopic (exact) mass is 786 g/mol. The molecule has 0 aliphatic carbocycles. The minimum Gasteiger partial charge on any atom is -0.394 e. The molecule has 0 saturated heterocycles. The van der Waals surface area contributed by atoms with E-state index in [1.165, 1.54) is 180 Å². The largest absolute Gasteiger partial charge is 0.394 e. The molecule has 0 aliphatic rings. The molecule has 0 heterocycles. The Kier molecular flexibility index (Phi) is 44.6. The minimum absolute atomic E-state index is 0.384. The van der Waals surface area contributed by atoms with Crippen molar-refractivity contribution in [2.75, 3.05) is 6.61 Å². The smallest absolute Gasteiger partial charge is 0.249 e. The molecule has 3 unspecified atom stereocenters. The van der Waals surface area contributed by atoms with Gasteiger partial charge in [0.15, 0.2) is 0 Å². The number of carbonyl (C=O) groups is 1. The van der Waals surface area contributed by atoms with E-state index in [9.17, 15) is 20.1 Å². The summed E-state index contributed by atoms with van der Waals surface area (Å²) in [6, 6.07) is -0.824. The Morgan fingerprint density at radius 3 is 1.09 bits per heavy atom. The molecule has 0 saturated carbocycles. The van der Waals surface area contributed by atoms with E-state index in [-0.39, 0.29) is 6.61 Å². The Morgan fingerprint density at radius 2 is 0.732 bits per heavy atom. The Morgan fingerprint density at radius 1 is 0.429 bits per heavy atom. The van der Waals surface area contributed by atoms with Crippen molar-refractivity contribution < 1.29 is 20.1 Å². The molecule has 0 aromatic carbocycles. The molecule has 56 heavy (non-hydrogen) atoms. The van der Waals surface area contributed by atoms with Gasteiger partial charge in [-0.2, -0.15) is 0 Å². The maximum absolute atomic E-state index is 12.5. The number of carbonyl (C=O) groups excluding carboxylic acids is 1. The molecule has 0 radical (unpaired) electrons. The normalized spacial score (nSPS) is 13.9. The highest BCUT2D eigenvalue weighted by Crippen LogP contribution is 2.15. The van der Waals surface area contributed by atoms with Gasteiger partial charge in [-0.3, -0.25) is 4.79 Å². The fourth-order valence-electron chi connectivity index (χ4n) is 7.27. The van der Waals surface area contributed by atoms with Crippen molar-refractivity contribution in [1.29, 1.82) is 0 Å². The van der Waals surface area contributed by atoms with Crippen molar-refractivity contribution in [3.63, 3.8) is 0 Å². The number of rotatable bonds is 44. The van der Waals surface area contributed by atoms with Crippen LogP contribution in [0.5, 0.6) is 0 Å². The Bertz CT molecular complexity index is 912. The van der Waals surface area contributed by atoms with Crippen LogP contribution in [0, 0.1) is 0 Å². The zero-order valence-corrected chi connectivity index (χ0v) is 37.3. The van der Waals surface area contributed by atoms with Crippen LogP contribution >= 0.6 is 0 Å².